The number of benzene rings is 3. The molecular formula is C29H34ClFO. The summed E-state index contributed by atoms with van der Waals surface area (Å²) in [6.45, 7) is 0.895. The van der Waals surface area contributed by atoms with Crippen molar-refractivity contribution in [3.8, 4) is 0 Å². The Balaban J connectivity index is 1.33. The van der Waals surface area contributed by atoms with Crippen molar-refractivity contribution in [2.45, 2.75) is 57.8 Å². The first-order valence-corrected chi connectivity index (χ1v) is 12.4. The van der Waals surface area contributed by atoms with E-state index in [-0.39, 0.29) is 5.82 Å². The molecule has 0 spiro atoms. The van der Waals surface area contributed by atoms with E-state index in [4.69, 9.17) is 16.3 Å². The fraction of sp³-hybridized carbons (Fsp3) is 0.448. The molecule has 0 bridgehead atoms. The molecule has 0 unspecified atom stereocenters. The standard InChI is InChI=1S/C29H34ClFO/c1-32-19-18-23-4-2-21(3-5-23)6-7-24-11-17-28-26(20-24)14-13-25(29(28)31)12-8-22-9-15-27(30)16-10-22/h9-11,13-17,20-21,23H,2-8,12,18-19H2,1H3. The molecule has 0 aliphatic heterocycles. The molecule has 1 fully saturated rings. The number of hydrogen-bond acceptors (Lipinski definition) is 1. The minimum Gasteiger partial charge on any atom is -0.385 e. The zero-order valence-electron chi connectivity index (χ0n) is 19.1. The molecule has 1 aliphatic carbocycles. The summed E-state index contributed by atoms with van der Waals surface area (Å²) in [7, 11) is 1.79. The summed E-state index contributed by atoms with van der Waals surface area (Å²) in [5.41, 5.74) is 3.29. The van der Waals surface area contributed by atoms with Crippen LogP contribution in [0.2, 0.25) is 5.02 Å². The third kappa shape index (κ3) is 6.11. The maximum Gasteiger partial charge on any atom is 0.134 e. The predicted molar refractivity (Wildman–Crippen MR) is 133 cm³/mol. The van der Waals surface area contributed by atoms with Gasteiger partial charge in [-0.15, -0.1) is 0 Å². The summed E-state index contributed by atoms with van der Waals surface area (Å²) in [5, 5.41) is 2.48. The highest BCUT2D eigenvalue weighted by Gasteiger charge is 2.20. The summed E-state index contributed by atoms with van der Waals surface area (Å²) in [4.78, 5) is 0. The molecule has 1 aliphatic rings. The zero-order chi connectivity index (χ0) is 22.3. The Kier molecular flexibility index (Phi) is 8.21. The SMILES string of the molecule is COCCC1CCC(CCc2ccc3c(F)c(CCc4ccc(Cl)cc4)ccc3c2)CC1. The minimum atomic E-state index is -0.0719. The van der Waals surface area contributed by atoms with E-state index < -0.39 is 0 Å². The van der Waals surface area contributed by atoms with Gasteiger partial charge in [0.2, 0.25) is 0 Å². The molecule has 170 valence electrons. The van der Waals surface area contributed by atoms with E-state index in [1.165, 1.54) is 49.7 Å². The van der Waals surface area contributed by atoms with Crippen LogP contribution >= 0.6 is 11.6 Å². The van der Waals surface area contributed by atoms with Crippen molar-refractivity contribution in [2.75, 3.05) is 13.7 Å². The number of halogens is 2. The quantitative estimate of drug-likeness (QED) is 0.318. The average molecular weight is 453 g/mol. The second kappa shape index (κ2) is 11.3. The van der Waals surface area contributed by atoms with Gasteiger partial charge >= 0.3 is 0 Å². The van der Waals surface area contributed by atoms with Gasteiger partial charge in [-0.25, -0.2) is 4.39 Å². The first-order valence-electron chi connectivity index (χ1n) is 12.1. The van der Waals surface area contributed by atoms with Crippen LogP contribution in [0.4, 0.5) is 4.39 Å². The van der Waals surface area contributed by atoms with E-state index >= 15 is 4.39 Å². The summed E-state index contributed by atoms with van der Waals surface area (Å²) in [6, 6.07) is 18.1. The first-order chi connectivity index (χ1) is 15.6. The highest BCUT2D eigenvalue weighted by Crippen LogP contribution is 2.33. The lowest BCUT2D eigenvalue weighted by Gasteiger charge is -2.28. The van der Waals surface area contributed by atoms with Crippen LogP contribution in [0.25, 0.3) is 10.8 Å². The van der Waals surface area contributed by atoms with Gasteiger partial charge in [0.25, 0.3) is 0 Å². The molecule has 0 aromatic heterocycles. The molecule has 3 aromatic rings. The van der Waals surface area contributed by atoms with Crippen LogP contribution in [0.5, 0.6) is 0 Å². The number of ether oxygens (including phenoxy) is 1. The van der Waals surface area contributed by atoms with Gasteiger partial charge in [-0.1, -0.05) is 79.7 Å². The van der Waals surface area contributed by atoms with Crippen LogP contribution in [0.1, 0.15) is 55.2 Å². The van der Waals surface area contributed by atoms with Crippen molar-refractivity contribution in [3.05, 3.63) is 82.1 Å². The Morgan fingerprint density at radius 1 is 0.812 bits per heavy atom. The molecule has 0 saturated heterocycles. The minimum absolute atomic E-state index is 0.0719. The molecule has 1 nitrogen and oxygen atoms in total. The van der Waals surface area contributed by atoms with Crippen LogP contribution in [0, 0.1) is 17.7 Å². The summed E-state index contributed by atoms with van der Waals surface area (Å²) in [6.07, 6.45) is 10.4. The third-order valence-electron chi connectivity index (χ3n) is 7.23. The molecule has 1 saturated carbocycles. The van der Waals surface area contributed by atoms with E-state index in [1.807, 2.05) is 36.4 Å². The number of hydrogen-bond donors (Lipinski definition) is 0. The maximum absolute atomic E-state index is 15.1. The predicted octanol–water partition coefficient (Wildman–Crippen LogP) is 8.19. The van der Waals surface area contributed by atoms with Crippen LogP contribution in [-0.4, -0.2) is 13.7 Å². The average Bonchev–Trinajstić information content (AvgIpc) is 2.82. The Bertz CT molecular complexity index is 1010. The molecule has 4 rings (SSSR count). The Labute approximate surface area is 196 Å². The van der Waals surface area contributed by atoms with Crippen molar-refractivity contribution in [2.24, 2.45) is 11.8 Å². The van der Waals surface area contributed by atoms with Gasteiger partial charge in [-0.3, -0.25) is 0 Å². The lowest BCUT2D eigenvalue weighted by molar-refractivity contribution is 0.155. The van der Waals surface area contributed by atoms with E-state index in [2.05, 4.69) is 18.2 Å². The third-order valence-corrected chi connectivity index (χ3v) is 7.48. The van der Waals surface area contributed by atoms with Crippen molar-refractivity contribution < 1.29 is 9.13 Å². The number of methoxy groups -OCH3 is 1. The molecule has 0 amide bonds. The van der Waals surface area contributed by atoms with Gasteiger partial charge in [0, 0.05) is 24.1 Å². The van der Waals surface area contributed by atoms with Crippen LogP contribution in [-0.2, 0) is 24.0 Å². The van der Waals surface area contributed by atoms with Gasteiger partial charge in [0.05, 0.1) is 0 Å². The molecule has 32 heavy (non-hydrogen) atoms. The van der Waals surface area contributed by atoms with Crippen molar-refractivity contribution in [3.63, 3.8) is 0 Å². The second-order valence-corrected chi connectivity index (χ2v) is 9.86. The molecule has 0 heterocycles. The Hall–Kier alpha value is -1.90. The topological polar surface area (TPSA) is 9.23 Å². The summed E-state index contributed by atoms with van der Waals surface area (Å²) < 4.78 is 20.4. The Morgan fingerprint density at radius 2 is 1.50 bits per heavy atom. The van der Waals surface area contributed by atoms with Gasteiger partial charge in [-0.05, 0) is 78.1 Å². The lowest BCUT2D eigenvalue weighted by atomic mass is 9.78. The van der Waals surface area contributed by atoms with Crippen LogP contribution < -0.4 is 0 Å². The van der Waals surface area contributed by atoms with Crippen molar-refractivity contribution >= 4 is 22.4 Å². The number of aryl methyl sites for hydroxylation is 3. The molecular weight excluding hydrogens is 419 g/mol. The van der Waals surface area contributed by atoms with Gasteiger partial charge in [-0.2, -0.15) is 0 Å². The lowest BCUT2D eigenvalue weighted by Crippen LogP contribution is -2.16. The molecule has 3 aromatic carbocycles. The largest absolute Gasteiger partial charge is 0.385 e. The normalized spacial score (nSPS) is 18.8. The highest BCUT2D eigenvalue weighted by atomic mass is 35.5. The molecule has 3 heteroatoms. The fourth-order valence-corrected chi connectivity index (χ4v) is 5.26. The Morgan fingerprint density at radius 3 is 2.22 bits per heavy atom. The zero-order valence-corrected chi connectivity index (χ0v) is 19.8. The summed E-state index contributed by atoms with van der Waals surface area (Å²) >= 11 is 5.96. The maximum atomic E-state index is 15.1. The summed E-state index contributed by atoms with van der Waals surface area (Å²) in [5.74, 6) is 1.61. The first kappa shape index (κ1) is 23.3. The second-order valence-electron chi connectivity index (χ2n) is 9.43. The van der Waals surface area contributed by atoms with E-state index in [0.29, 0.717) is 6.42 Å². The van der Waals surface area contributed by atoms with Crippen molar-refractivity contribution in [1.29, 1.82) is 0 Å². The van der Waals surface area contributed by atoms with Gasteiger partial charge < -0.3 is 4.74 Å². The van der Waals surface area contributed by atoms with Crippen LogP contribution in [0.3, 0.4) is 0 Å². The highest BCUT2D eigenvalue weighted by molar-refractivity contribution is 6.30. The van der Waals surface area contributed by atoms with Crippen LogP contribution in [0.15, 0.2) is 54.6 Å². The fourth-order valence-electron chi connectivity index (χ4n) is 5.13. The molecule has 0 radical (unpaired) electrons. The smallest absolute Gasteiger partial charge is 0.134 e. The van der Waals surface area contributed by atoms with Gasteiger partial charge in [0.1, 0.15) is 5.82 Å². The monoisotopic (exact) mass is 452 g/mol. The number of rotatable bonds is 9. The molecule has 0 N–H and O–H groups in total. The van der Waals surface area contributed by atoms with E-state index in [9.17, 15) is 0 Å². The molecule has 0 atom stereocenters. The van der Waals surface area contributed by atoms with Crippen molar-refractivity contribution in [1.82, 2.24) is 0 Å². The van der Waals surface area contributed by atoms with Gasteiger partial charge in [0.15, 0.2) is 0 Å². The number of fused-ring (bicyclic) bond motifs is 1. The van der Waals surface area contributed by atoms with E-state index in [1.54, 1.807) is 7.11 Å². The van der Waals surface area contributed by atoms with E-state index in [0.717, 1.165) is 52.6 Å².